The number of aliphatic carboxylic acids is 1. The van der Waals surface area contributed by atoms with E-state index >= 15 is 0 Å². The molecule has 6 atom stereocenters. The first-order chi connectivity index (χ1) is 13.7. The Morgan fingerprint density at radius 1 is 0.800 bits per heavy atom. The number of carbonyl (C=O) groups is 5. The molecule has 0 aliphatic heterocycles. The first kappa shape index (κ1) is 27.2. The SMILES string of the molecule is CC(C)C(NC(=O)C(NC(=O)C(N)C(C)O)C(C)O)C(=O)NC(CC(N)=O)C(=O)O. The van der Waals surface area contributed by atoms with Crippen molar-refractivity contribution >= 4 is 29.6 Å². The molecule has 13 nitrogen and oxygen atoms in total. The van der Waals surface area contributed by atoms with Crippen LogP contribution in [0.1, 0.15) is 34.1 Å². The fraction of sp³-hybridized carbons (Fsp3) is 0.706. The van der Waals surface area contributed by atoms with E-state index in [1.165, 1.54) is 13.8 Å². The smallest absolute Gasteiger partial charge is 0.326 e. The van der Waals surface area contributed by atoms with Crippen LogP contribution >= 0.6 is 0 Å². The highest BCUT2D eigenvalue weighted by atomic mass is 16.4. The molecule has 13 heteroatoms. The van der Waals surface area contributed by atoms with Gasteiger partial charge in [-0.05, 0) is 19.8 Å². The standard InChI is InChI=1S/C17H31N5O8/c1-6(2)12(15(27)20-9(17(29)30)5-10(18)25)21-16(28)13(8(4)24)22-14(26)11(19)7(3)23/h6-9,11-13,23-24H,5,19H2,1-4H3,(H2,18,25)(H,20,27)(H,21,28)(H,22,26)(H,29,30). The van der Waals surface area contributed by atoms with Gasteiger partial charge in [0.1, 0.15) is 24.2 Å². The van der Waals surface area contributed by atoms with Crippen molar-refractivity contribution in [2.75, 3.05) is 0 Å². The summed E-state index contributed by atoms with van der Waals surface area (Å²) in [5, 5.41) is 35.0. The van der Waals surface area contributed by atoms with Crippen molar-refractivity contribution in [2.24, 2.45) is 17.4 Å². The molecular weight excluding hydrogens is 402 g/mol. The van der Waals surface area contributed by atoms with Gasteiger partial charge in [0.05, 0.1) is 18.6 Å². The molecular formula is C17H31N5O8. The number of nitrogens with two attached hydrogens (primary N) is 2. The fourth-order valence-electron chi connectivity index (χ4n) is 2.31. The van der Waals surface area contributed by atoms with Crippen molar-refractivity contribution in [1.82, 2.24) is 16.0 Å². The van der Waals surface area contributed by atoms with Gasteiger partial charge in [-0.1, -0.05) is 13.8 Å². The zero-order valence-corrected chi connectivity index (χ0v) is 17.3. The minimum absolute atomic E-state index is 0.526. The van der Waals surface area contributed by atoms with E-state index in [9.17, 15) is 34.2 Å². The largest absolute Gasteiger partial charge is 0.480 e. The van der Waals surface area contributed by atoms with Crippen molar-refractivity contribution in [3.05, 3.63) is 0 Å². The van der Waals surface area contributed by atoms with Crippen LogP contribution in [0.3, 0.4) is 0 Å². The molecule has 0 saturated heterocycles. The van der Waals surface area contributed by atoms with Crippen LogP contribution in [0.4, 0.5) is 0 Å². The summed E-state index contributed by atoms with van der Waals surface area (Å²) in [5.74, 6) is -5.70. The molecule has 0 bridgehead atoms. The molecule has 4 amide bonds. The van der Waals surface area contributed by atoms with Crippen molar-refractivity contribution in [1.29, 1.82) is 0 Å². The van der Waals surface area contributed by atoms with Crippen LogP contribution in [0.2, 0.25) is 0 Å². The Kier molecular flexibility index (Phi) is 10.9. The van der Waals surface area contributed by atoms with E-state index in [0.29, 0.717) is 0 Å². The van der Waals surface area contributed by atoms with Gasteiger partial charge >= 0.3 is 5.97 Å². The number of hydrogen-bond donors (Lipinski definition) is 8. The van der Waals surface area contributed by atoms with Crippen LogP contribution in [-0.4, -0.2) is 81.3 Å². The zero-order valence-electron chi connectivity index (χ0n) is 17.3. The molecule has 172 valence electrons. The summed E-state index contributed by atoms with van der Waals surface area (Å²) in [7, 11) is 0. The molecule has 0 spiro atoms. The molecule has 0 radical (unpaired) electrons. The summed E-state index contributed by atoms with van der Waals surface area (Å²) in [4.78, 5) is 59.2. The lowest BCUT2D eigenvalue weighted by Gasteiger charge is -2.28. The van der Waals surface area contributed by atoms with Gasteiger partial charge in [0.15, 0.2) is 0 Å². The Morgan fingerprint density at radius 2 is 1.27 bits per heavy atom. The Labute approximate surface area is 173 Å². The van der Waals surface area contributed by atoms with E-state index in [1.807, 2.05) is 0 Å². The second-order valence-electron chi connectivity index (χ2n) is 7.29. The monoisotopic (exact) mass is 433 g/mol. The van der Waals surface area contributed by atoms with Crippen LogP contribution < -0.4 is 27.4 Å². The number of aliphatic hydroxyl groups is 2. The molecule has 0 heterocycles. The van der Waals surface area contributed by atoms with Gasteiger partial charge in [0.25, 0.3) is 0 Å². The number of rotatable bonds is 12. The topological polar surface area (TPSA) is 234 Å². The first-order valence-corrected chi connectivity index (χ1v) is 9.22. The van der Waals surface area contributed by atoms with Gasteiger partial charge in [-0.2, -0.15) is 0 Å². The summed E-state index contributed by atoms with van der Waals surface area (Å²) in [6.07, 6.45) is -3.24. The lowest BCUT2D eigenvalue weighted by molar-refractivity contribution is -0.144. The number of aliphatic hydroxyl groups excluding tert-OH is 2. The average molecular weight is 433 g/mol. The molecule has 0 aromatic carbocycles. The summed E-state index contributed by atoms with van der Waals surface area (Å²) >= 11 is 0. The third kappa shape index (κ3) is 8.71. The maximum atomic E-state index is 12.6. The highest BCUT2D eigenvalue weighted by molar-refractivity contribution is 5.95. The minimum Gasteiger partial charge on any atom is -0.480 e. The van der Waals surface area contributed by atoms with Gasteiger partial charge in [0, 0.05) is 0 Å². The molecule has 0 aliphatic carbocycles. The number of hydrogen-bond acceptors (Lipinski definition) is 8. The van der Waals surface area contributed by atoms with E-state index in [-0.39, 0.29) is 0 Å². The molecule has 0 rings (SSSR count). The number of primary amides is 1. The van der Waals surface area contributed by atoms with Crippen LogP contribution in [0.25, 0.3) is 0 Å². The van der Waals surface area contributed by atoms with Crippen molar-refractivity contribution in [3.8, 4) is 0 Å². The van der Waals surface area contributed by atoms with Gasteiger partial charge < -0.3 is 42.7 Å². The normalized spacial score (nSPS) is 17.1. The zero-order chi connectivity index (χ0) is 23.8. The maximum absolute atomic E-state index is 12.6. The Bertz CT molecular complexity index is 652. The molecule has 0 aliphatic rings. The highest BCUT2D eigenvalue weighted by Gasteiger charge is 2.34. The summed E-state index contributed by atoms with van der Waals surface area (Å²) in [6, 6.07) is -5.70. The van der Waals surface area contributed by atoms with Crippen LogP contribution in [0.15, 0.2) is 0 Å². The number of carboxylic acids is 1. The van der Waals surface area contributed by atoms with E-state index in [1.54, 1.807) is 13.8 Å². The third-order valence-electron chi connectivity index (χ3n) is 4.15. The molecule has 30 heavy (non-hydrogen) atoms. The third-order valence-corrected chi connectivity index (χ3v) is 4.15. The van der Waals surface area contributed by atoms with Crippen LogP contribution in [0, 0.1) is 5.92 Å². The van der Waals surface area contributed by atoms with Gasteiger partial charge in [-0.3, -0.25) is 19.2 Å². The van der Waals surface area contributed by atoms with E-state index in [0.717, 1.165) is 0 Å². The highest BCUT2D eigenvalue weighted by Crippen LogP contribution is 2.06. The number of nitrogens with one attached hydrogen (secondary N) is 3. The Hall–Kier alpha value is -2.77. The molecule has 10 N–H and O–H groups in total. The van der Waals surface area contributed by atoms with E-state index in [4.69, 9.17) is 16.6 Å². The van der Waals surface area contributed by atoms with Crippen molar-refractivity contribution in [2.45, 2.75) is 70.5 Å². The Morgan fingerprint density at radius 3 is 1.63 bits per heavy atom. The van der Waals surface area contributed by atoms with Crippen LogP contribution in [0.5, 0.6) is 0 Å². The Balaban J connectivity index is 5.39. The second kappa shape index (κ2) is 12.0. The first-order valence-electron chi connectivity index (χ1n) is 9.22. The summed E-state index contributed by atoms with van der Waals surface area (Å²) < 4.78 is 0. The predicted octanol–water partition coefficient (Wildman–Crippen LogP) is -3.85. The van der Waals surface area contributed by atoms with Gasteiger partial charge in [-0.25, -0.2) is 4.79 Å². The van der Waals surface area contributed by atoms with E-state index < -0.39 is 78.3 Å². The fourth-order valence-corrected chi connectivity index (χ4v) is 2.31. The van der Waals surface area contributed by atoms with E-state index in [2.05, 4.69) is 16.0 Å². The average Bonchev–Trinajstić information content (AvgIpc) is 2.60. The van der Waals surface area contributed by atoms with Gasteiger partial charge in [0.2, 0.25) is 23.6 Å². The van der Waals surface area contributed by atoms with Crippen molar-refractivity contribution in [3.63, 3.8) is 0 Å². The van der Waals surface area contributed by atoms with Crippen molar-refractivity contribution < 1.29 is 39.3 Å². The number of amides is 4. The maximum Gasteiger partial charge on any atom is 0.326 e. The lowest BCUT2D eigenvalue weighted by Crippen LogP contribution is -2.61. The second-order valence-corrected chi connectivity index (χ2v) is 7.29. The number of carboxylic acid groups (broad SMARTS) is 1. The molecule has 6 unspecified atom stereocenters. The minimum atomic E-state index is -1.59. The number of carbonyl (C=O) groups excluding carboxylic acids is 4. The molecule has 0 fully saturated rings. The van der Waals surface area contributed by atoms with Crippen LogP contribution in [-0.2, 0) is 24.0 Å². The molecule has 0 aromatic heterocycles. The molecule has 0 saturated carbocycles. The lowest BCUT2D eigenvalue weighted by atomic mass is 10.0. The quantitative estimate of drug-likeness (QED) is 0.150. The predicted molar refractivity (Wildman–Crippen MR) is 103 cm³/mol. The van der Waals surface area contributed by atoms with Gasteiger partial charge in [-0.15, -0.1) is 0 Å². The molecule has 0 aromatic rings. The summed E-state index contributed by atoms with van der Waals surface area (Å²) in [6.45, 7) is 5.61. The summed E-state index contributed by atoms with van der Waals surface area (Å²) in [5.41, 5.74) is 10.5.